The highest BCUT2D eigenvalue weighted by molar-refractivity contribution is 9.10. The first-order valence-electron chi connectivity index (χ1n) is 5.70. The first kappa shape index (κ1) is 13.0. The minimum Gasteiger partial charge on any atom is -0.377 e. The van der Waals surface area contributed by atoms with Crippen molar-refractivity contribution in [1.82, 2.24) is 4.98 Å². The maximum atomic E-state index is 12.8. The van der Waals surface area contributed by atoms with E-state index in [9.17, 15) is 4.39 Å². The van der Waals surface area contributed by atoms with Gasteiger partial charge in [0, 0.05) is 10.2 Å². The maximum Gasteiger partial charge on any atom is 0.141 e. The fraction of sp³-hybridized carbons (Fsp3) is 0.214. The Morgan fingerprint density at radius 3 is 2.67 bits per heavy atom. The summed E-state index contributed by atoms with van der Waals surface area (Å²) in [6.07, 6.45) is 1.23. The normalized spacial score (nSPS) is 12.2. The smallest absolute Gasteiger partial charge is 0.141 e. The zero-order chi connectivity index (χ0) is 13.1. The molecule has 4 heteroatoms. The number of rotatable bonds is 3. The van der Waals surface area contributed by atoms with Crippen LogP contribution in [0.5, 0.6) is 0 Å². The lowest BCUT2D eigenvalue weighted by Gasteiger charge is -2.15. The van der Waals surface area contributed by atoms with Gasteiger partial charge in [-0.1, -0.05) is 22.0 Å². The third-order valence-electron chi connectivity index (χ3n) is 2.75. The molecule has 0 fully saturated rings. The van der Waals surface area contributed by atoms with Gasteiger partial charge in [-0.2, -0.15) is 0 Å². The van der Waals surface area contributed by atoms with Crippen LogP contribution in [0.4, 0.5) is 10.1 Å². The van der Waals surface area contributed by atoms with E-state index in [2.05, 4.69) is 26.2 Å². The van der Waals surface area contributed by atoms with Crippen molar-refractivity contribution in [2.45, 2.75) is 19.9 Å². The van der Waals surface area contributed by atoms with Crippen LogP contribution in [0.2, 0.25) is 0 Å². The standard InChI is InChI=1S/C14H14BrFN2/c1-9-3-5-12(7-13(9)15)18-10(2)14-6-4-11(16)8-17-14/h3-8,10,18H,1-2H3. The number of halogens is 2. The van der Waals surface area contributed by atoms with E-state index in [-0.39, 0.29) is 11.9 Å². The van der Waals surface area contributed by atoms with Gasteiger partial charge in [-0.3, -0.25) is 4.98 Å². The van der Waals surface area contributed by atoms with E-state index in [1.807, 2.05) is 32.0 Å². The van der Waals surface area contributed by atoms with Crippen LogP contribution in [0.25, 0.3) is 0 Å². The van der Waals surface area contributed by atoms with Crippen LogP contribution in [0.1, 0.15) is 24.2 Å². The van der Waals surface area contributed by atoms with Crippen molar-refractivity contribution in [2.75, 3.05) is 5.32 Å². The van der Waals surface area contributed by atoms with E-state index in [0.717, 1.165) is 15.9 Å². The van der Waals surface area contributed by atoms with Gasteiger partial charge in [-0.05, 0) is 43.7 Å². The van der Waals surface area contributed by atoms with E-state index in [1.54, 1.807) is 6.07 Å². The number of nitrogens with zero attached hydrogens (tertiary/aromatic N) is 1. The van der Waals surface area contributed by atoms with Crippen LogP contribution in [-0.2, 0) is 0 Å². The largest absolute Gasteiger partial charge is 0.377 e. The molecule has 0 saturated heterocycles. The number of anilines is 1. The molecule has 94 valence electrons. The van der Waals surface area contributed by atoms with E-state index in [1.165, 1.54) is 17.8 Å². The Hall–Kier alpha value is -1.42. The van der Waals surface area contributed by atoms with Gasteiger partial charge < -0.3 is 5.32 Å². The van der Waals surface area contributed by atoms with Crippen molar-refractivity contribution >= 4 is 21.6 Å². The van der Waals surface area contributed by atoms with E-state index in [0.29, 0.717) is 0 Å². The summed E-state index contributed by atoms with van der Waals surface area (Å²) in [6.45, 7) is 4.03. The third kappa shape index (κ3) is 3.07. The highest BCUT2D eigenvalue weighted by atomic mass is 79.9. The van der Waals surface area contributed by atoms with Gasteiger partial charge >= 0.3 is 0 Å². The average molecular weight is 309 g/mol. The van der Waals surface area contributed by atoms with Crippen molar-refractivity contribution in [3.63, 3.8) is 0 Å². The first-order valence-corrected chi connectivity index (χ1v) is 6.49. The molecule has 1 atom stereocenters. The Kier molecular flexibility index (Phi) is 3.97. The molecule has 0 aliphatic heterocycles. The van der Waals surface area contributed by atoms with Crippen LogP contribution < -0.4 is 5.32 Å². The number of nitrogens with one attached hydrogen (secondary N) is 1. The predicted molar refractivity (Wildman–Crippen MR) is 75.1 cm³/mol. The highest BCUT2D eigenvalue weighted by Gasteiger charge is 2.07. The number of hydrogen-bond donors (Lipinski definition) is 1. The van der Waals surface area contributed by atoms with Crippen molar-refractivity contribution in [2.24, 2.45) is 0 Å². The minimum atomic E-state index is -0.316. The van der Waals surface area contributed by atoms with Crippen LogP contribution in [0, 0.1) is 12.7 Å². The van der Waals surface area contributed by atoms with Crippen molar-refractivity contribution in [1.29, 1.82) is 0 Å². The summed E-state index contributed by atoms with van der Waals surface area (Å²) < 4.78 is 13.8. The second kappa shape index (κ2) is 5.48. The van der Waals surface area contributed by atoms with Gasteiger partial charge in [0.25, 0.3) is 0 Å². The zero-order valence-electron chi connectivity index (χ0n) is 10.2. The molecule has 2 nitrogen and oxygen atoms in total. The van der Waals surface area contributed by atoms with E-state index >= 15 is 0 Å². The molecule has 0 bridgehead atoms. The van der Waals surface area contributed by atoms with Crippen LogP contribution in [0.15, 0.2) is 41.0 Å². The average Bonchev–Trinajstić information content (AvgIpc) is 2.34. The SMILES string of the molecule is Cc1ccc(NC(C)c2ccc(F)cn2)cc1Br. The van der Waals surface area contributed by atoms with Crippen LogP contribution >= 0.6 is 15.9 Å². The van der Waals surface area contributed by atoms with Crippen molar-refractivity contribution in [3.8, 4) is 0 Å². The lowest BCUT2D eigenvalue weighted by molar-refractivity contribution is 0.617. The van der Waals surface area contributed by atoms with Gasteiger partial charge in [-0.25, -0.2) is 4.39 Å². The summed E-state index contributed by atoms with van der Waals surface area (Å²) in [7, 11) is 0. The number of benzene rings is 1. The molecule has 0 radical (unpaired) electrons. The quantitative estimate of drug-likeness (QED) is 0.905. The maximum absolute atomic E-state index is 12.8. The molecular weight excluding hydrogens is 295 g/mol. The lowest BCUT2D eigenvalue weighted by atomic mass is 10.2. The molecule has 0 spiro atoms. The second-order valence-corrected chi connectivity index (χ2v) is 5.09. The summed E-state index contributed by atoms with van der Waals surface area (Å²) in [5, 5.41) is 3.33. The van der Waals surface area contributed by atoms with Crippen molar-refractivity contribution in [3.05, 3.63) is 58.1 Å². The second-order valence-electron chi connectivity index (χ2n) is 4.23. The van der Waals surface area contributed by atoms with Gasteiger partial charge in [0.05, 0.1) is 17.9 Å². The minimum absolute atomic E-state index is 0.0280. The number of aryl methyl sites for hydroxylation is 1. The summed E-state index contributed by atoms with van der Waals surface area (Å²) in [6, 6.07) is 9.22. The van der Waals surface area contributed by atoms with Gasteiger partial charge in [0.2, 0.25) is 0 Å². The topological polar surface area (TPSA) is 24.9 Å². The fourth-order valence-electron chi connectivity index (χ4n) is 1.65. The molecule has 1 aromatic heterocycles. The molecule has 0 aliphatic rings. The zero-order valence-corrected chi connectivity index (χ0v) is 11.8. The predicted octanol–water partition coefficient (Wildman–Crippen LogP) is 4.46. The monoisotopic (exact) mass is 308 g/mol. The third-order valence-corrected chi connectivity index (χ3v) is 3.60. The Labute approximate surface area is 114 Å². The summed E-state index contributed by atoms with van der Waals surface area (Å²) in [5.74, 6) is -0.316. The Bertz CT molecular complexity index is 540. The summed E-state index contributed by atoms with van der Waals surface area (Å²) >= 11 is 3.50. The molecule has 2 rings (SSSR count). The van der Waals surface area contributed by atoms with E-state index < -0.39 is 0 Å². The van der Waals surface area contributed by atoms with Crippen molar-refractivity contribution < 1.29 is 4.39 Å². The number of pyridine rings is 1. The summed E-state index contributed by atoms with van der Waals surface area (Å²) in [4.78, 5) is 4.07. The molecular formula is C14H14BrFN2. The Morgan fingerprint density at radius 2 is 2.06 bits per heavy atom. The molecule has 1 aromatic carbocycles. The molecule has 0 aliphatic carbocycles. The molecule has 2 aromatic rings. The van der Waals surface area contributed by atoms with Gasteiger partial charge in [0.15, 0.2) is 0 Å². The molecule has 1 unspecified atom stereocenters. The Morgan fingerprint density at radius 1 is 1.28 bits per heavy atom. The van der Waals surface area contributed by atoms with Crippen LogP contribution in [0.3, 0.4) is 0 Å². The molecule has 0 saturated carbocycles. The number of hydrogen-bond acceptors (Lipinski definition) is 2. The number of aromatic nitrogens is 1. The summed E-state index contributed by atoms with van der Waals surface area (Å²) in [5.41, 5.74) is 3.01. The lowest BCUT2D eigenvalue weighted by Crippen LogP contribution is -2.08. The van der Waals surface area contributed by atoms with Gasteiger partial charge in [-0.15, -0.1) is 0 Å². The Balaban J connectivity index is 2.13. The van der Waals surface area contributed by atoms with Crippen LogP contribution in [-0.4, -0.2) is 4.98 Å². The molecule has 1 heterocycles. The van der Waals surface area contributed by atoms with Gasteiger partial charge in [0.1, 0.15) is 5.82 Å². The highest BCUT2D eigenvalue weighted by Crippen LogP contribution is 2.23. The first-order chi connectivity index (χ1) is 8.56. The van der Waals surface area contributed by atoms with E-state index in [4.69, 9.17) is 0 Å². The molecule has 0 amide bonds. The fourth-order valence-corrected chi connectivity index (χ4v) is 2.03. The molecule has 18 heavy (non-hydrogen) atoms. The molecule has 1 N–H and O–H groups in total.